The van der Waals surface area contributed by atoms with E-state index in [2.05, 4.69) is 0 Å². The molecule has 78 valence electrons. The Labute approximate surface area is 91.9 Å². The van der Waals surface area contributed by atoms with Gasteiger partial charge in [-0.05, 0) is 24.6 Å². The van der Waals surface area contributed by atoms with Crippen LogP contribution in [0.2, 0.25) is 5.02 Å². The highest BCUT2D eigenvalue weighted by Gasteiger charge is 2.08. The first kappa shape index (κ1) is 11.7. The molecule has 2 unspecified atom stereocenters. The van der Waals surface area contributed by atoms with Crippen LogP contribution in [-0.4, -0.2) is 16.0 Å². The van der Waals surface area contributed by atoms with Gasteiger partial charge in [-0.15, -0.1) is 0 Å². The van der Waals surface area contributed by atoms with Crippen LogP contribution in [0.1, 0.15) is 13.3 Å². The molecule has 2 atom stereocenters. The molecule has 0 aliphatic rings. The number of rotatable bonds is 4. The van der Waals surface area contributed by atoms with Gasteiger partial charge in [0.15, 0.2) is 0 Å². The van der Waals surface area contributed by atoms with Crippen molar-refractivity contribution in [3.8, 4) is 0 Å². The zero-order valence-electron chi connectivity index (χ0n) is 8.07. The second-order valence-corrected chi connectivity index (χ2v) is 5.07. The first-order valence-corrected chi connectivity index (χ1v) is 6.22. The van der Waals surface area contributed by atoms with Crippen molar-refractivity contribution in [2.24, 2.45) is 5.73 Å². The minimum atomic E-state index is -1.03. The second-order valence-electron chi connectivity index (χ2n) is 3.14. The van der Waals surface area contributed by atoms with Crippen molar-refractivity contribution in [2.45, 2.75) is 24.3 Å². The van der Waals surface area contributed by atoms with E-state index in [4.69, 9.17) is 17.3 Å². The standard InChI is InChI=1S/C10H14ClNOS/c1-2-9(12)7-14(13)10-5-3-4-8(11)6-10/h3-6,9H,2,7,12H2,1H3. The summed E-state index contributed by atoms with van der Waals surface area (Å²) in [5, 5.41) is 0.612. The molecule has 1 aromatic rings. The van der Waals surface area contributed by atoms with Crippen LogP contribution in [0, 0.1) is 0 Å². The van der Waals surface area contributed by atoms with Gasteiger partial charge in [0.25, 0.3) is 0 Å². The third kappa shape index (κ3) is 3.40. The first-order chi connectivity index (χ1) is 6.63. The lowest BCUT2D eigenvalue weighted by Gasteiger charge is -2.08. The van der Waals surface area contributed by atoms with Crippen LogP contribution in [0.15, 0.2) is 29.2 Å². The summed E-state index contributed by atoms with van der Waals surface area (Å²) < 4.78 is 11.7. The minimum Gasteiger partial charge on any atom is -0.327 e. The predicted octanol–water partition coefficient (Wildman–Crippen LogP) is 2.18. The lowest BCUT2D eigenvalue weighted by atomic mass is 10.3. The summed E-state index contributed by atoms with van der Waals surface area (Å²) in [6.07, 6.45) is 0.840. The van der Waals surface area contributed by atoms with E-state index in [1.54, 1.807) is 18.2 Å². The highest BCUT2D eigenvalue weighted by atomic mass is 35.5. The Morgan fingerprint density at radius 3 is 2.86 bits per heavy atom. The molecule has 0 amide bonds. The molecule has 0 fully saturated rings. The van der Waals surface area contributed by atoms with Gasteiger partial charge in [0.1, 0.15) is 0 Å². The van der Waals surface area contributed by atoms with E-state index in [9.17, 15) is 4.21 Å². The molecule has 2 N–H and O–H groups in total. The van der Waals surface area contributed by atoms with Gasteiger partial charge in [0, 0.05) is 21.7 Å². The average molecular weight is 232 g/mol. The molecule has 1 rings (SSSR count). The Bertz CT molecular complexity index is 330. The van der Waals surface area contributed by atoms with E-state index in [1.807, 2.05) is 13.0 Å². The summed E-state index contributed by atoms with van der Waals surface area (Å²) in [7, 11) is -1.03. The maximum absolute atomic E-state index is 11.7. The molecule has 2 nitrogen and oxygen atoms in total. The molecule has 4 heteroatoms. The summed E-state index contributed by atoms with van der Waals surface area (Å²) >= 11 is 5.79. The van der Waals surface area contributed by atoms with Crippen molar-refractivity contribution in [1.82, 2.24) is 0 Å². The monoisotopic (exact) mass is 231 g/mol. The van der Waals surface area contributed by atoms with Gasteiger partial charge in [-0.1, -0.05) is 24.6 Å². The van der Waals surface area contributed by atoms with Crippen molar-refractivity contribution < 1.29 is 4.21 Å². The van der Waals surface area contributed by atoms with Gasteiger partial charge in [-0.3, -0.25) is 4.21 Å². The Morgan fingerprint density at radius 2 is 2.29 bits per heavy atom. The van der Waals surface area contributed by atoms with Gasteiger partial charge in [-0.2, -0.15) is 0 Å². The molecule has 14 heavy (non-hydrogen) atoms. The summed E-state index contributed by atoms with van der Waals surface area (Å²) in [6.45, 7) is 1.99. The Hall–Kier alpha value is -0.380. The van der Waals surface area contributed by atoms with E-state index in [0.717, 1.165) is 11.3 Å². The average Bonchev–Trinajstić information content (AvgIpc) is 2.17. The summed E-state index contributed by atoms with van der Waals surface area (Å²) in [5.74, 6) is 0.497. The van der Waals surface area contributed by atoms with Gasteiger partial charge in [-0.25, -0.2) is 0 Å². The molecule has 0 aromatic heterocycles. The molecule has 0 bridgehead atoms. The third-order valence-electron chi connectivity index (χ3n) is 1.95. The topological polar surface area (TPSA) is 43.1 Å². The van der Waals surface area contributed by atoms with Crippen molar-refractivity contribution in [1.29, 1.82) is 0 Å². The van der Waals surface area contributed by atoms with E-state index >= 15 is 0 Å². The van der Waals surface area contributed by atoms with Crippen LogP contribution in [-0.2, 0) is 10.8 Å². The molecule has 0 saturated carbocycles. The smallest absolute Gasteiger partial charge is 0.0545 e. The third-order valence-corrected chi connectivity index (χ3v) is 3.69. The van der Waals surface area contributed by atoms with Crippen molar-refractivity contribution in [3.05, 3.63) is 29.3 Å². The minimum absolute atomic E-state index is 0.00480. The second kappa shape index (κ2) is 5.49. The number of hydrogen-bond acceptors (Lipinski definition) is 2. The lowest BCUT2D eigenvalue weighted by Crippen LogP contribution is -2.25. The van der Waals surface area contributed by atoms with Gasteiger partial charge in [0.2, 0.25) is 0 Å². The Kier molecular flexibility index (Phi) is 4.58. The SMILES string of the molecule is CCC(N)CS(=O)c1cccc(Cl)c1. The maximum atomic E-state index is 11.7. The molecular weight excluding hydrogens is 218 g/mol. The van der Waals surface area contributed by atoms with Crippen LogP contribution in [0.5, 0.6) is 0 Å². The zero-order chi connectivity index (χ0) is 10.6. The van der Waals surface area contributed by atoms with E-state index in [0.29, 0.717) is 10.8 Å². The quantitative estimate of drug-likeness (QED) is 0.863. The molecule has 1 aromatic carbocycles. The van der Waals surface area contributed by atoms with Crippen LogP contribution in [0.3, 0.4) is 0 Å². The summed E-state index contributed by atoms with van der Waals surface area (Å²) in [6, 6.07) is 7.09. The van der Waals surface area contributed by atoms with Crippen LogP contribution >= 0.6 is 11.6 Å². The van der Waals surface area contributed by atoms with Crippen molar-refractivity contribution in [2.75, 3.05) is 5.75 Å². The fraction of sp³-hybridized carbons (Fsp3) is 0.400. The normalized spacial score (nSPS) is 15.1. The van der Waals surface area contributed by atoms with Gasteiger partial charge < -0.3 is 5.73 Å². The molecule has 0 spiro atoms. The van der Waals surface area contributed by atoms with E-state index < -0.39 is 10.8 Å². The largest absolute Gasteiger partial charge is 0.327 e. The van der Waals surface area contributed by atoms with Crippen LogP contribution in [0.25, 0.3) is 0 Å². The predicted molar refractivity (Wildman–Crippen MR) is 61.0 cm³/mol. The van der Waals surface area contributed by atoms with E-state index in [1.165, 1.54) is 0 Å². The molecular formula is C10H14ClNOS. The van der Waals surface area contributed by atoms with Crippen LogP contribution < -0.4 is 5.73 Å². The van der Waals surface area contributed by atoms with E-state index in [-0.39, 0.29) is 6.04 Å². The summed E-state index contributed by atoms with van der Waals surface area (Å²) in [4.78, 5) is 0.751. The highest BCUT2D eigenvalue weighted by molar-refractivity contribution is 7.85. The Balaban J connectivity index is 2.70. The molecule has 0 aliphatic heterocycles. The van der Waals surface area contributed by atoms with Gasteiger partial charge >= 0.3 is 0 Å². The Morgan fingerprint density at radius 1 is 1.57 bits per heavy atom. The van der Waals surface area contributed by atoms with Gasteiger partial charge in [0.05, 0.1) is 10.8 Å². The van der Waals surface area contributed by atoms with Crippen molar-refractivity contribution >= 4 is 22.4 Å². The number of hydrogen-bond donors (Lipinski definition) is 1. The zero-order valence-corrected chi connectivity index (χ0v) is 9.65. The highest BCUT2D eigenvalue weighted by Crippen LogP contribution is 2.14. The fourth-order valence-electron chi connectivity index (χ4n) is 1.02. The lowest BCUT2D eigenvalue weighted by molar-refractivity contribution is 0.663. The number of benzene rings is 1. The number of nitrogens with two attached hydrogens (primary N) is 1. The molecule has 0 radical (unpaired) electrons. The summed E-state index contributed by atoms with van der Waals surface area (Å²) in [5.41, 5.74) is 5.72. The van der Waals surface area contributed by atoms with Crippen LogP contribution in [0.4, 0.5) is 0 Å². The molecule has 0 heterocycles. The maximum Gasteiger partial charge on any atom is 0.0545 e. The fourth-order valence-corrected chi connectivity index (χ4v) is 2.58. The molecule has 0 aliphatic carbocycles. The van der Waals surface area contributed by atoms with Crippen molar-refractivity contribution in [3.63, 3.8) is 0 Å². The number of halogens is 1. The molecule has 0 saturated heterocycles. The first-order valence-electron chi connectivity index (χ1n) is 4.53.